The van der Waals surface area contributed by atoms with E-state index in [-0.39, 0.29) is 0 Å². The van der Waals surface area contributed by atoms with Crippen LogP contribution in [0.25, 0.3) is 22.7 Å². The zero-order chi connectivity index (χ0) is 16.5. The average molecular weight is 317 g/mol. The molecule has 2 heterocycles. The fourth-order valence-corrected chi connectivity index (χ4v) is 2.72. The summed E-state index contributed by atoms with van der Waals surface area (Å²) in [5.41, 5.74) is 4.26. The van der Waals surface area contributed by atoms with Gasteiger partial charge in [0.05, 0.1) is 16.6 Å². The highest BCUT2D eigenvalue weighted by Crippen LogP contribution is 2.32. The van der Waals surface area contributed by atoms with Crippen molar-refractivity contribution in [3.8, 4) is 17.6 Å². The monoisotopic (exact) mass is 317 g/mol. The van der Waals surface area contributed by atoms with Crippen LogP contribution in [0.3, 0.4) is 0 Å². The van der Waals surface area contributed by atoms with E-state index in [2.05, 4.69) is 16.0 Å². The Balaban J connectivity index is 1.74. The van der Waals surface area contributed by atoms with Crippen molar-refractivity contribution in [3.05, 3.63) is 53.3 Å². The van der Waals surface area contributed by atoms with Crippen LogP contribution in [-0.4, -0.2) is 23.2 Å². The molecular formula is C19H15N3O2. The molecule has 1 aliphatic heterocycles. The highest BCUT2D eigenvalue weighted by Gasteiger charge is 2.12. The van der Waals surface area contributed by atoms with E-state index in [0.29, 0.717) is 30.4 Å². The quantitative estimate of drug-likeness (QED) is 0.731. The molecule has 118 valence electrons. The van der Waals surface area contributed by atoms with Gasteiger partial charge in [-0.3, -0.25) is 0 Å². The Kier molecular flexibility index (Phi) is 3.43. The minimum atomic E-state index is 0.473. The smallest absolute Gasteiger partial charge is 0.161 e. The molecule has 1 N–H and O–H groups in total. The standard InChI is InChI=1S/C19H15N3O2/c1-12-2-4-15-16(8-12)22-19(21-15)14(11-20)9-13-3-5-17-18(10-13)24-7-6-23-17/h2-5,8-10H,6-7H2,1H3,(H,21,22). The van der Waals surface area contributed by atoms with Gasteiger partial charge in [0, 0.05) is 0 Å². The van der Waals surface area contributed by atoms with Gasteiger partial charge < -0.3 is 14.5 Å². The van der Waals surface area contributed by atoms with Crippen LogP contribution in [0.2, 0.25) is 0 Å². The molecule has 0 spiro atoms. The molecule has 0 bridgehead atoms. The van der Waals surface area contributed by atoms with Crippen molar-refractivity contribution in [1.29, 1.82) is 5.26 Å². The summed E-state index contributed by atoms with van der Waals surface area (Å²) in [5, 5.41) is 9.52. The maximum atomic E-state index is 9.52. The summed E-state index contributed by atoms with van der Waals surface area (Å²) in [4.78, 5) is 7.72. The number of aromatic nitrogens is 2. The molecule has 0 unspecified atom stereocenters. The Morgan fingerprint density at radius 2 is 2.00 bits per heavy atom. The maximum Gasteiger partial charge on any atom is 0.161 e. The molecule has 0 aliphatic carbocycles. The van der Waals surface area contributed by atoms with E-state index in [9.17, 15) is 5.26 Å². The molecule has 0 atom stereocenters. The van der Waals surface area contributed by atoms with Gasteiger partial charge in [0.15, 0.2) is 11.5 Å². The summed E-state index contributed by atoms with van der Waals surface area (Å²) >= 11 is 0. The minimum absolute atomic E-state index is 0.473. The highest BCUT2D eigenvalue weighted by molar-refractivity contribution is 5.90. The molecule has 0 amide bonds. The zero-order valence-corrected chi connectivity index (χ0v) is 13.2. The largest absolute Gasteiger partial charge is 0.486 e. The molecule has 5 nitrogen and oxygen atoms in total. The summed E-state index contributed by atoms with van der Waals surface area (Å²) in [5.74, 6) is 2.00. The third-order valence-corrected chi connectivity index (χ3v) is 3.89. The fourth-order valence-electron chi connectivity index (χ4n) is 2.72. The second-order valence-corrected chi connectivity index (χ2v) is 5.68. The van der Waals surface area contributed by atoms with Gasteiger partial charge in [-0.25, -0.2) is 4.98 Å². The SMILES string of the molecule is Cc1ccc2nc(C(C#N)=Cc3ccc4c(c3)OCCO4)[nH]c2c1. The van der Waals surface area contributed by atoms with E-state index in [1.807, 2.05) is 43.3 Å². The first-order valence-corrected chi connectivity index (χ1v) is 7.71. The van der Waals surface area contributed by atoms with E-state index < -0.39 is 0 Å². The van der Waals surface area contributed by atoms with Gasteiger partial charge in [0.2, 0.25) is 0 Å². The van der Waals surface area contributed by atoms with Crippen molar-refractivity contribution in [1.82, 2.24) is 9.97 Å². The molecule has 1 aromatic heterocycles. The van der Waals surface area contributed by atoms with E-state index in [1.54, 1.807) is 6.08 Å². The van der Waals surface area contributed by atoms with Crippen molar-refractivity contribution in [2.75, 3.05) is 13.2 Å². The summed E-state index contributed by atoms with van der Waals surface area (Å²) < 4.78 is 11.1. The normalized spacial score (nSPS) is 13.8. The van der Waals surface area contributed by atoms with E-state index in [4.69, 9.17) is 9.47 Å². The van der Waals surface area contributed by atoms with Crippen molar-refractivity contribution >= 4 is 22.7 Å². The van der Waals surface area contributed by atoms with Gasteiger partial charge >= 0.3 is 0 Å². The molecule has 2 aromatic carbocycles. The lowest BCUT2D eigenvalue weighted by Crippen LogP contribution is -2.15. The number of nitrogens with one attached hydrogen (secondary N) is 1. The molecule has 1 aliphatic rings. The number of hydrogen-bond acceptors (Lipinski definition) is 4. The molecule has 0 saturated carbocycles. The van der Waals surface area contributed by atoms with Gasteiger partial charge in [-0.05, 0) is 48.4 Å². The first-order chi connectivity index (χ1) is 11.7. The number of nitrogens with zero attached hydrogens (tertiary/aromatic N) is 2. The predicted molar refractivity (Wildman–Crippen MR) is 91.7 cm³/mol. The Bertz CT molecular complexity index is 996. The number of H-pyrrole nitrogens is 1. The fraction of sp³-hybridized carbons (Fsp3) is 0.158. The van der Waals surface area contributed by atoms with Crippen LogP contribution in [-0.2, 0) is 0 Å². The van der Waals surface area contributed by atoms with Gasteiger partial charge in [0.25, 0.3) is 0 Å². The Morgan fingerprint density at radius 1 is 1.17 bits per heavy atom. The molecule has 5 heteroatoms. The third kappa shape index (κ3) is 2.59. The van der Waals surface area contributed by atoms with Crippen LogP contribution in [0.1, 0.15) is 17.0 Å². The number of aryl methyl sites for hydroxylation is 1. The van der Waals surface area contributed by atoms with Crippen LogP contribution in [0.4, 0.5) is 0 Å². The molecule has 24 heavy (non-hydrogen) atoms. The number of aromatic amines is 1. The first-order valence-electron chi connectivity index (χ1n) is 7.71. The number of imidazole rings is 1. The van der Waals surface area contributed by atoms with Crippen LogP contribution in [0, 0.1) is 18.3 Å². The zero-order valence-electron chi connectivity index (χ0n) is 13.2. The van der Waals surface area contributed by atoms with Crippen molar-refractivity contribution < 1.29 is 9.47 Å². The van der Waals surface area contributed by atoms with Crippen molar-refractivity contribution in [3.63, 3.8) is 0 Å². The van der Waals surface area contributed by atoms with Crippen LogP contribution >= 0.6 is 0 Å². The lowest BCUT2D eigenvalue weighted by Gasteiger charge is -2.18. The molecule has 4 rings (SSSR count). The summed E-state index contributed by atoms with van der Waals surface area (Å²) in [6, 6.07) is 13.8. The van der Waals surface area contributed by atoms with Crippen LogP contribution in [0.15, 0.2) is 36.4 Å². The minimum Gasteiger partial charge on any atom is -0.486 e. The highest BCUT2D eigenvalue weighted by atomic mass is 16.6. The third-order valence-electron chi connectivity index (χ3n) is 3.89. The maximum absolute atomic E-state index is 9.52. The molecule has 0 saturated heterocycles. The van der Waals surface area contributed by atoms with E-state index >= 15 is 0 Å². The van der Waals surface area contributed by atoms with Crippen LogP contribution in [0.5, 0.6) is 11.5 Å². The van der Waals surface area contributed by atoms with E-state index in [0.717, 1.165) is 27.9 Å². The number of hydrogen-bond donors (Lipinski definition) is 1. The lowest BCUT2D eigenvalue weighted by atomic mass is 10.1. The molecule has 0 radical (unpaired) electrons. The number of benzene rings is 2. The van der Waals surface area contributed by atoms with Gasteiger partial charge in [0.1, 0.15) is 25.1 Å². The van der Waals surface area contributed by atoms with Gasteiger partial charge in [-0.1, -0.05) is 12.1 Å². The van der Waals surface area contributed by atoms with Crippen LogP contribution < -0.4 is 9.47 Å². The number of allylic oxidation sites excluding steroid dienone is 1. The topological polar surface area (TPSA) is 70.9 Å². The summed E-state index contributed by atoms with van der Waals surface area (Å²) in [6.07, 6.45) is 1.79. The summed E-state index contributed by atoms with van der Waals surface area (Å²) in [7, 11) is 0. The Labute approximate surface area is 139 Å². The Morgan fingerprint density at radius 3 is 2.83 bits per heavy atom. The van der Waals surface area contributed by atoms with E-state index in [1.165, 1.54) is 0 Å². The molecule has 3 aromatic rings. The van der Waals surface area contributed by atoms with Crippen molar-refractivity contribution in [2.45, 2.75) is 6.92 Å². The first kappa shape index (κ1) is 14.3. The lowest BCUT2D eigenvalue weighted by molar-refractivity contribution is 0.171. The molecular weight excluding hydrogens is 302 g/mol. The predicted octanol–water partition coefficient (Wildman–Crippen LogP) is 3.71. The second kappa shape index (κ2) is 5.74. The Hall–Kier alpha value is -3.26. The number of rotatable bonds is 2. The average Bonchev–Trinajstić information content (AvgIpc) is 3.02. The number of nitriles is 1. The summed E-state index contributed by atoms with van der Waals surface area (Å²) in [6.45, 7) is 3.12. The second-order valence-electron chi connectivity index (χ2n) is 5.68. The van der Waals surface area contributed by atoms with Gasteiger partial charge in [-0.15, -0.1) is 0 Å². The number of ether oxygens (including phenoxy) is 2. The van der Waals surface area contributed by atoms with Crippen molar-refractivity contribution in [2.24, 2.45) is 0 Å². The number of fused-ring (bicyclic) bond motifs is 2. The molecule has 0 fully saturated rings. The van der Waals surface area contributed by atoms with Gasteiger partial charge in [-0.2, -0.15) is 5.26 Å².